The molecular weight excluding hydrogens is 1020 g/mol. The van der Waals surface area contributed by atoms with E-state index in [1.165, 1.54) is 21.5 Å². The second-order valence-electron chi connectivity index (χ2n) is 6.67. The zero-order valence-corrected chi connectivity index (χ0v) is 29.6. The summed E-state index contributed by atoms with van der Waals surface area (Å²) in [4.78, 5) is 13.1. The summed E-state index contributed by atoms with van der Waals surface area (Å²) in [6, 6.07) is 25.0. The van der Waals surface area contributed by atoms with Gasteiger partial charge in [0.2, 0.25) is 0 Å². The average Bonchev–Trinajstić information content (AvgIpc) is 2.79. The molecule has 0 unspecified atom stereocenters. The van der Waals surface area contributed by atoms with Crippen LogP contribution in [0.3, 0.4) is 0 Å². The van der Waals surface area contributed by atoms with E-state index in [9.17, 15) is 0 Å². The van der Waals surface area contributed by atoms with Crippen molar-refractivity contribution < 1.29 is 143 Å². The molecule has 0 aliphatic carbocycles. The van der Waals surface area contributed by atoms with Gasteiger partial charge in [0.25, 0.3) is 22.1 Å². The van der Waals surface area contributed by atoms with E-state index in [4.69, 9.17) is 0 Å². The van der Waals surface area contributed by atoms with Crippen molar-refractivity contribution in [1.82, 2.24) is 0 Å². The molecule has 0 aliphatic heterocycles. The normalized spacial score (nSPS) is 8.69. The number of benzene rings is 2. The van der Waals surface area contributed by atoms with Gasteiger partial charge in [-0.25, -0.2) is 19.9 Å². The third-order valence-corrected chi connectivity index (χ3v) is 4.94. The summed E-state index contributed by atoms with van der Waals surface area (Å²) >= 11 is 0. The minimum Gasteiger partial charge on any atom is -1.00 e. The van der Waals surface area contributed by atoms with Crippen LogP contribution in [0, 0.1) is 0 Å². The Labute approximate surface area is 281 Å². The predicted octanol–water partition coefficient (Wildman–Crippen LogP) is -14.7. The van der Waals surface area contributed by atoms with Crippen molar-refractivity contribution in [3.63, 3.8) is 0 Å². The Kier molecular flexibility index (Phi) is 21.1. The van der Waals surface area contributed by atoms with E-state index in [0.717, 1.165) is 22.1 Å². The Hall–Kier alpha value is -0.352. The summed E-state index contributed by atoms with van der Waals surface area (Å²) in [5.41, 5.74) is 4.63. The van der Waals surface area contributed by atoms with Gasteiger partial charge in [-0.1, -0.05) is 0 Å². The first-order chi connectivity index (χ1) is 13.9. The molecule has 0 fully saturated rings. The fourth-order valence-electron chi connectivity index (χ4n) is 3.58. The van der Waals surface area contributed by atoms with E-state index >= 15 is 0 Å². The molecule has 6 rings (SSSR count). The average molecular weight is 1040 g/mol. The molecule has 0 aliphatic rings. The summed E-state index contributed by atoms with van der Waals surface area (Å²) in [5.74, 6) is 0. The van der Waals surface area contributed by atoms with Crippen LogP contribution in [0.1, 0.15) is 0 Å². The first-order valence-electron chi connectivity index (χ1n) is 9.30. The first-order valence-corrected chi connectivity index (χ1v) is 9.30. The maximum Gasteiger partial charge on any atom is 2.00 e. The van der Waals surface area contributed by atoms with Gasteiger partial charge in [-0.3, -0.25) is 0 Å². The molecule has 0 radical (unpaired) electrons. The van der Waals surface area contributed by atoms with Crippen molar-refractivity contribution in [2.75, 3.05) is 0 Å². The number of aromatic amines is 4. The van der Waals surface area contributed by atoms with E-state index in [-0.39, 0.29) is 123 Å². The smallest absolute Gasteiger partial charge is 1.00 e. The van der Waals surface area contributed by atoms with Crippen molar-refractivity contribution in [1.29, 1.82) is 0 Å². The van der Waals surface area contributed by atoms with E-state index in [1.54, 1.807) is 0 Å². The molecule has 0 saturated carbocycles. The standard InChI is InChI=1S/2C12H8N2.6BrH.Pt/c2*1-3-9-5-6-10-4-2-8-14-12(10)11(9)13-7-1;;;;;;;/h2*1-8H;6*1H;/q;;;;;;;;+2/p-2. The number of pyridine rings is 4. The van der Waals surface area contributed by atoms with Crippen molar-refractivity contribution in [3.8, 4) is 0 Å². The minimum absolute atomic E-state index is 0. The van der Waals surface area contributed by atoms with Crippen LogP contribution >= 0.6 is 0 Å². The van der Waals surface area contributed by atoms with E-state index in [1.807, 2.05) is 49.1 Å². The topological polar surface area (TPSA) is 56.6 Å². The molecular formula is C24H20Br6N4Pt. The third kappa shape index (κ3) is 8.87. The predicted molar refractivity (Wildman–Crippen MR) is 109 cm³/mol. The Bertz CT molecular complexity index is 1230. The first kappa shape index (κ1) is 39.2. The Morgan fingerprint density at radius 1 is 0.314 bits per heavy atom. The number of fused-ring (bicyclic) bond motifs is 6. The number of nitrogens with one attached hydrogen (secondary N) is 4. The van der Waals surface area contributed by atoms with Crippen LogP contribution in [0.4, 0.5) is 0 Å². The minimum atomic E-state index is 0. The number of hydrogen-bond acceptors (Lipinski definition) is 0. The zero-order chi connectivity index (χ0) is 18.8. The van der Waals surface area contributed by atoms with Crippen LogP contribution in [0.5, 0.6) is 0 Å². The van der Waals surface area contributed by atoms with Crippen LogP contribution in [-0.2, 0) is 21.1 Å². The van der Waals surface area contributed by atoms with Crippen LogP contribution in [0.2, 0.25) is 0 Å². The fourth-order valence-corrected chi connectivity index (χ4v) is 3.58. The number of hydrogen-bond donors (Lipinski definition) is 0. The Morgan fingerprint density at radius 2 is 0.514 bits per heavy atom. The molecule has 11 heteroatoms. The maximum atomic E-state index is 3.26. The number of H-pyrrole nitrogens is 4. The third-order valence-electron chi connectivity index (χ3n) is 4.94. The quantitative estimate of drug-likeness (QED) is 0.136. The van der Waals surface area contributed by atoms with Gasteiger partial charge in [0, 0.05) is 24.3 Å². The maximum absolute atomic E-state index is 3.26. The summed E-state index contributed by atoms with van der Waals surface area (Å²) in [5, 5.41) is 4.90. The fraction of sp³-hybridized carbons (Fsp3) is 0. The van der Waals surface area contributed by atoms with Crippen LogP contribution in [0.15, 0.2) is 97.6 Å². The van der Waals surface area contributed by atoms with Crippen molar-refractivity contribution >= 4 is 43.6 Å². The summed E-state index contributed by atoms with van der Waals surface area (Å²) in [6.45, 7) is 0. The second-order valence-corrected chi connectivity index (χ2v) is 6.67. The molecule has 0 saturated heterocycles. The molecule has 188 valence electrons. The van der Waals surface area contributed by atoms with E-state index in [2.05, 4.69) is 68.5 Å². The van der Waals surface area contributed by atoms with Crippen LogP contribution in [-0.4, -0.2) is 0 Å². The Balaban J connectivity index is -0.000000488. The molecule has 4 nitrogen and oxygen atoms in total. The van der Waals surface area contributed by atoms with Crippen molar-refractivity contribution in [2.24, 2.45) is 0 Å². The van der Waals surface area contributed by atoms with Gasteiger partial charge < -0.3 is 102 Å². The molecule has 0 bridgehead atoms. The SMILES string of the molecule is [Br-].[Br-].[Br-].[Br-].[Br-].[Br-].[Pt+2].c1c[nH+]c2c(c1)ccc1ccc[nH+]c12.c1c[nH+]c2c(c1)ccc1ccc[nH+]c12. The van der Waals surface area contributed by atoms with Crippen LogP contribution < -0.4 is 122 Å². The van der Waals surface area contributed by atoms with Gasteiger partial charge >= 0.3 is 21.1 Å². The second kappa shape index (κ2) is 18.8. The van der Waals surface area contributed by atoms with Gasteiger partial charge in [-0.2, -0.15) is 0 Å². The molecule has 0 spiro atoms. The summed E-state index contributed by atoms with van der Waals surface area (Å²) in [7, 11) is 0. The van der Waals surface area contributed by atoms with Gasteiger partial charge in [0.15, 0.2) is 24.8 Å². The largest absolute Gasteiger partial charge is 2.00 e. The molecule has 6 aromatic rings. The molecule has 35 heavy (non-hydrogen) atoms. The monoisotopic (exact) mass is 1030 g/mol. The molecule has 2 aromatic carbocycles. The molecule has 4 N–H and O–H groups in total. The molecule has 4 aromatic heterocycles. The van der Waals surface area contributed by atoms with Crippen LogP contribution in [0.25, 0.3) is 43.6 Å². The van der Waals surface area contributed by atoms with Gasteiger partial charge in [0.05, 0.1) is 21.5 Å². The number of aromatic nitrogens is 4. The molecule has 4 heterocycles. The molecule has 0 amide bonds. The van der Waals surface area contributed by atoms with Gasteiger partial charge in [-0.05, 0) is 48.5 Å². The number of rotatable bonds is 0. The van der Waals surface area contributed by atoms with Crippen molar-refractivity contribution in [3.05, 3.63) is 97.6 Å². The summed E-state index contributed by atoms with van der Waals surface area (Å²) in [6.07, 6.45) is 7.79. The van der Waals surface area contributed by atoms with E-state index < -0.39 is 0 Å². The van der Waals surface area contributed by atoms with Gasteiger partial charge in [-0.15, -0.1) is 0 Å². The zero-order valence-electron chi connectivity index (χ0n) is 17.8. The van der Waals surface area contributed by atoms with E-state index in [0.29, 0.717) is 0 Å². The number of halogens is 6. The van der Waals surface area contributed by atoms with Crippen molar-refractivity contribution in [2.45, 2.75) is 0 Å². The Morgan fingerprint density at radius 3 is 0.714 bits per heavy atom. The van der Waals surface area contributed by atoms with Gasteiger partial charge in [0.1, 0.15) is 0 Å². The summed E-state index contributed by atoms with van der Waals surface area (Å²) < 4.78 is 0. The molecule has 0 atom stereocenters.